The maximum atomic E-state index is 6.33. The van der Waals surface area contributed by atoms with E-state index in [4.69, 9.17) is 5.73 Å². The molecule has 0 aromatic heterocycles. The zero-order valence-corrected chi connectivity index (χ0v) is 14.0. The summed E-state index contributed by atoms with van der Waals surface area (Å²) < 4.78 is 0. The molecule has 2 rings (SSSR count). The van der Waals surface area contributed by atoms with E-state index >= 15 is 0 Å². The minimum Gasteiger partial charge on any atom is -0.323 e. The van der Waals surface area contributed by atoms with Crippen LogP contribution in [0.5, 0.6) is 0 Å². The van der Waals surface area contributed by atoms with Crippen molar-refractivity contribution >= 4 is 11.8 Å². The van der Waals surface area contributed by atoms with Gasteiger partial charge in [-0.25, -0.2) is 0 Å². The van der Waals surface area contributed by atoms with Crippen molar-refractivity contribution in [1.29, 1.82) is 0 Å². The van der Waals surface area contributed by atoms with E-state index in [2.05, 4.69) is 63.2 Å². The molecule has 2 aromatic carbocycles. The molecule has 1 unspecified atom stereocenters. The summed E-state index contributed by atoms with van der Waals surface area (Å²) in [5.41, 5.74) is 11.6. The maximum absolute atomic E-state index is 6.33. The van der Waals surface area contributed by atoms with Gasteiger partial charge in [-0.1, -0.05) is 55.3 Å². The first-order valence-corrected chi connectivity index (χ1v) is 8.63. The molecule has 0 spiro atoms. The number of thioether (sulfide) groups is 1. The molecule has 112 valence electrons. The molecule has 2 heteroatoms. The van der Waals surface area contributed by atoms with Gasteiger partial charge in [-0.3, -0.25) is 0 Å². The minimum atomic E-state index is 0.0885. The van der Waals surface area contributed by atoms with Gasteiger partial charge in [-0.2, -0.15) is 0 Å². The number of hydrogen-bond acceptors (Lipinski definition) is 2. The Kier molecular flexibility index (Phi) is 5.89. The molecule has 2 aromatic rings. The molecule has 0 amide bonds. The molecule has 1 atom stereocenters. The first kappa shape index (κ1) is 16.1. The Morgan fingerprint density at radius 1 is 1.05 bits per heavy atom. The number of aryl methyl sites for hydroxylation is 3. The van der Waals surface area contributed by atoms with Crippen LogP contribution in [-0.2, 0) is 6.42 Å². The molecule has 0 aliphatic rings. The summed E-state index contributed by atoms with van der Waals surface area (Å²) in [6.45, 7) is 6.50. The van der Waals surface area contributed by atoms with E-state index in [0.717, 1.165) is 12.2 Å². The highest BCUT2D eigenvalue weighted by Gasteiger charge is 2.08. The quantitative estimate of drug-likeness (QED) is 0.755. The molecule has 0 aliphatic heterocycles. The Hall–Kier alpha value is -1.25. The normalized spacial score (nSPS) is 12.4. The highest BCUT2D eigenvalue weighted by atomic mass is 32.2. The third-order valence-corrected chi connectivity index (χ3v) is 4.99. The van der Waals surface area contributed by atoms with E-state index in [1.165, 1.54) is 33.6 Å². The van der Waals surface area contributed by atoms with Gasteiger partial charge < -0.3 is 5.73 Å². The van der Waals surface area contributed by atoms with Crippen LogP contribution in [0.25, 0.3) is 0 Å². The molecule has 21 heavy (non-hydrogen) atoms. The second-order valence-corrected chi connectivity index (χ2v) is 6.74. The Morgan fingerprint density at radius 3 is 2.43 bits per heavy atom. The van der Waals surface area contributed by atoms with Crippen molar-refractivity contribution in [3.63, 3.8) is 0 Å². The Morgan fingerprint density at radius 2 is 1.76 bits per heavy atom. The zero-order valence-electron chi connectivity index (χ0n) is 13.2. The number of nitrogens with two attached hydrogens (primary N) is 1. The third-order valence-electron chi connectivity index (χ3n) is 3.71. The Balaban J connectivity index is 1.97. The van der Waals surface area contributed by atoms with Gasteiger partial charge in [0.15, 0.2) is 0 Å². The SMILES string of the molecule is CCCc1ccc(C(N)CSc2cc(C)ccc2C)cc1. The highest BCUT2D eigenvalue weighted by molar-refractivity contribution is 7.99. The van der Waals surface area contributed by atoms with Crippen molar-refractivity contribution < 1.29 is 0 Å². The van der Waals surface area contributed by atoms with E-state index in [1.54, 1.807) is 0 Å². The molecule has 0 aliphatic carbocycles. The van der Waals surface area contributed by atoms with E-state index in [1.807, 2.05) is 11.8 Å². The summed E-state index contributed by atoms with van der Waals surface area (Å²) in [5, 5.41) is 0. The summed E-state index contributed by atoms with van der Waals surface area (Å²) in [6.07, 6.45) is 2.33. The van der Waals surface area contributed by atoms with Crippen molar-refractivity contribution in [1.82, 2.24) is 0 Å². The van der Waals surface area contributed by atoms with Crippen LogP contribution in [0, 0.1) is 13.8 Å². The number of rotatable bonds is 6. The standard InChI is InChI=1S/C19H25NS/c1-4-5-16-8-10-17(11-9-16)18(20)13-21-19-12-14(2)6-7-15(19)3/h6-12,18H,4-5,13,20H2,1-3H3. The first-order valence-electron chi connectivity index (χ1n) is 7.64. The predicted octanol–water partition coefficient (Wildman–Crippen LogP) is 5.05. The molecule has 2 N–H and O–H groups in total. The maximum Gasteiger partial charge on any atom is 0.0390 e. The zero-order chi connectivity index (χ0) is 15.2. The van der Waals surface area contributed by atoms with Crippen molar-refractivity contribution in [2.24, 2.45) is 5.73 Å². The van der Waals surface area contributed by atoms with Gasteiger partial charge in [0.2, 0.25) is 0 Å². The van der Waals surface area contributed by atoms with Gasteiger partial charge in [-0.15, -0.1) is 11.8 Å². The molecule has 0 fully saturated rings. The van der Waals surface area contributed by atoms with Crippen molar-refractivity contribution in [3.05, 3.63) is 64.7 Å². The lowest BCUT2D eigenvalue weighted by Gasteiger charge is -2.14. The van der Waals surface area contributed by atoms with Gasteiger partial charge >= 0.3 is 0 Å². The second kappa shape index (κ2) is 7.67. The fourth-order valence-corrected chi connectivity index (χ4v) is 3.48. The molecular formula is C19H25NS. The third kappa shape index (κ3) is 4.62. The topological polar surface area (TPSA) is 26.0 Å². The number of hydrogen-bond donors (Lipinski definition) is 1. The molecular weight excluding hydrogens is 274 g/mol. The van der Waals surface area contributed by atoms with Gasteiger partial charge in [0.25, 0.3) is 0 Å². The summed E-state index contributed by atoms with van der Waals surface area (Å²) in [5.74, 6) is 0.914. The largest absolute Gasteiger partial charge is 0.323 e. The molecule has 0 radical (unpaired) electrons. The van der Waals surface area contributed by atoms with E-state index < -0.39 is 0 Å². The monoisotopic (exact) mass is 299 g/mol. The van der Waals surface area contributed by atoms with Crippen LogP contribution < -0.4 is 5.73 Å². The van der Waals surface area contributed by atoms with Crippen LogP contribution >= 0.6 is 11.8 Å². The van der Waals surface area contributed by atoms with Gasteiger partial charge in [0.1, 0.15) is 0 Å². The van der Waals surface area contributed by atoms with E-state index in [0.29, 0.717) is 0 Å². The Bertz CT molecular complexity index is 575. The van der Waals surface area contributed by atoms with Crippen LogP contribution in [-0.4, -0.2) is 5.75 Å². The first-order chi connectivity index (χ1) is 10.1. The van der Waals surface area contributed by atoms with Crippen molar-refractivity contribution in [3.8, 4) is 0 Å². The molecule has 1 nitrogen and oxygen atoms in total. The lowest BCUT2D eigenvalue weighted by atomic mass is 10.0. The van der Waals surface area contributed by atoms with E-state index in [-0.39, 0.29) is 6.04 Å². The fourth-order valence-electron chi connectivity index (χ4n) is 2.36. The highest BCUT2D eigenvalue weighted by Crippen LogP contribution is 2.27. The second-order valence-electron chi connectivity index (χ2n) is 5.68. The molecule has 0 saturated carbocycles. The van der Waals surface area contributed by atoms with Crippen molar-refractivity contribution in [2.45, 2.75) is 44.6 Å². The van der Waals surface area contributed by atoms with Crippen LogP contribution in [0.4, 0.5) is 0 Å². The lowest BCUT2D eigenvalue weighted by Crippen LogP contribution is -2.13. The van der Waals surface area contributed by atoms with E-state index in [9.17, 15) is 0 Å². The predicted molar refractivity (Wildman–Crippen MR) is 94.0 cm³/mol. The van der Waals surface area contributed by atoms with Crippen molar-refractivity contribution in [2.75, 3.05) is 5.75 Å². The minimum absolute atomic E-state index is 0.0885. The van der Waals surface area contributed by atoms with Crippen LogP contribution in [0.1, 0.15) is 41.6 Å². The molecule has 0 saturated heterocycles. The van der Waals surface area contributed by atoms with Crippen LogP contribution in [0.15, 0.2) is 47.4 Å². The average molecular weight is 299 g/mol. The molecule has 0 heterocycles. The number of benzene rings is 2. The smallest absolute Gasteiger partial charge is 0.0390 e. The summed E-state index contributed by atoms with van der Waals surface area (Å²) >= 11 is 1.85. The summed E-state index contributed by atoms with van der Waals surface area (Å²) in [6, 6.07) is 15.5. The van der Waals surface area contributed by atoms with Crippen LogP contribution in [0.2, 0.25) is 0 Å². The molecule has 0 bridgehead atoms. The summed E-state index contributed by atoms with van der Waals surface area (Å²) in [7, 11) is 0. The van der Waals surface area contributed by atoms with Gasteiger partial charge in [0.05, 0.1) is 0 Å². The van der Waals surface area contributed by atoms with Gasteiger partial charge in [0, 0.05) is 16.7 Å². The summed E-state index contributed by atoms with van der Waals surface area (Å²) in [4.78, 5) is 1.34. The average Bonchev–Trinajstić information content (AvgIpc) is 2.49. The Labute approximate surface area is 133 Å². The van der Waals surface area contributed by atoms with Gasteiger partial charge in [-0.05, 0) is 43.0 Å². The lowest BCUT2D eigenvalue weighted by molar-refractivity contribution is 0.828. The van der Waals surface area contributed by atoms with Crippen LogP contribution in [0.3, 0.4) is 0 Å². The fraction of sp³-hybridized carbons (Fsp3) is 0.368.